The molecule has 1 aliphatic carbocycles. The molecular formula is C24H27ClN6O5S2. The molecule has 38 heavy (non-hydrogen) atoms. The zero-order valence-corrected chi connectivity index (χ0v) is 23.2. The highest BCUT2D eigenvalue weighted by Crippen LogP contribution is 2.41. The Bertz CT molecular complexity index is 1590. The van der Waals surface area contributed by atoms with Crippen LogP contribution in [-0.4, -0.2) is 56.3 Å². The number of sulfonamides is 1. The van der Waals surface area contributed by atoms with E-state index in [2.05, 4.69) is 19.8 Å². The van der Waals surface area contributed by atoms with Gasteiger partial charge in [0, 0.05) is 22.2 Å². The molecule has 11 nitrogen and oxygen atoms in total. The van der Waals surface area contributed by atoms with Crippen molar-refractivity contribution in [2.45, 2.75) is 49.3 Å². The number of carboxylic acid groups (broad SMARTS) is 1. The van der Waals surface area contributed by atoms with Gasteiger partial charge in [0.1, 0.15) is 5.56 Å². The number of thiazole rings is 1. The number of benzene rings is 1. The van der Waals surface area contributed by atoms with E-state index in [0.717, 1.165) is 41.1 Å². The highest BCUT2D eigenvalue weighted by Gasteiger charge is 2.30. The zero-order valence-electron chi connectivity index (χ0n) is 20.8. The number of nitrogens with one attached hydrogen (secondary N) is 1. The molecule has 1 fully saturated rings. The SMILES string of the molecule is Cc1nc(N)sc1S(=O)(=O)NC(C)(C)CO.O=C(O)c1cnn2c(C3CC3)cc(-c3ccc(Cl)cc3)nc12. The summed E-state index contributed by atoms with van der Waals surface area (Å²) in [5, 5.41) is 23.4. The molecule has 4 aromatic rings. The summed E-state index contributed by atoms with van der Waals surface area (Å²) < 4.78 is 28.0. The van der Waals surface area contributed by atoms with Crippen molar-refractivity contribution in [3.63, 3.8) is 0 Å². The van der Waals surface area contributed by atoms with Gasteiger partial charge in [-0.3, -0.25) is 0 Å². The lowest BCUT2D eigenvalue weighted by Crippen LogP contribution is -2.46. The van der Waals surface area contributed by atoms with Crippen LogP contribution in [-0.2, 0) is 10.0 Å². The number of halogens is 1. The maximum atomic E-state index is 11.9. The molecule has 5 rings (SSSR count). The molecule has 1 aromatic carbocycles. The van der Waals surface area contributed by atoms with E-state index in [4.69, 9.17) is 22.4 Å². The number of aryl methyl sites for hydroxylation is 1. The first-order chi connectivity index (χ1) is 17.8. The fourth-order valence-electron chi connectivity index (χ4n) is 3.67. The number of hydrogen-bond donors (Lipinski definition) is 4. The van der Waals surface area contributed by atoms with Crippen molar-refractivity contribution in [1.29, 1.82) is 0 Å². The average Bonchev–Trinajstić information content (AvgIpc) is 3.50. The molecule has 1 saturated carbocycles. The normalized spacial score (nSPS) is 13.8. The third-order valence-electron chi connectivity index (χ3n) is 5.69. The second-order valence-corrected chi connectivity index (χ2v) is 12.9. The summed E-state index contributed by atoms with van der Waals surface area (Å²) in [6.45, 7) is 4.46. The number of hydrogen-bond acceptors (Lipinski definition) is 9. The number of fused-ring (bicyclic) bond motifs is 1. The smallest absolute Gasteiger partial charge is 0.341 e. The van der Waals surface area contributed by atoms with Crippen molar-refractivity contribution in [1.82, 2.24) is 24.3 Å². The van der Waals surface area contributed by atoms with E-state index in [1.165, 1.54) is 6.20 Å². The number of nitrogen functional groups attached to an aromatic ring is 1. The Morgan fingerprint density at radius 1 is 1.26 bits per heavy atom. The molecular weight excluding hydrogens is 552 g/mol. The van der Waals surface area contributed by atoms with Crippen LogP contribution in [0.3, 0.4) is 0 Å². The number of aliphatic hydroxyl groups is 1. The molecule has 3 aromatic heterocycles. The van der Waals surface area contributed by atoms with Crippen LogP contribution in [0.2, 0.25) is 5.02 Å². The van der Waals surface area contributed by atoms with Crippen LogP contribution < -0.4 is 10.5 Å². The van der Waals surface area contributed by atoms with E-state index >= 15 is 0 Å². The quantitative estimate of drug-likeness (QED) is 0.255. The van der Waals surface area contributed by atoms with Crippen LogP contribution in [0.4, 0.5) is 5.13 Å². The number of carboxylic acids is 1. The number of aromatic nitrogens is 4. The molecule has 1 aliphatic rings. The van der Waals surface area contributed by atoms with Gasteiger partial charge >= 0.3 is 5.97 Å². The topological polar surface area (TPSA) is 173 Å². The van der Waals surface area contributed by atoms with Crippen LogP contribution in [0.25, 0.3) is 16.9 Å². The van der Waals surface area contributed by atoms with E-state index in [9.17, 15) is 18.3 Å². The highest BCUT2D eigenvalue weighted by molar-refractivity contribution is 7.91. The van der Waals surface area contributed by atoms with Crippen LogP contribution in [0.1, 0.15) is 54.4 Å². The van der Waals surface area contributed by atoms with Crippen molar-refractivity contribution in [2.75, 3.05) is 12.3 Å². The number of carbonyl (C=O) groups is 1. The van der Waals surface area contributed by atoms with Crippen LogP contribution in [0, 0.1) is 6.92 Å². The van der Waals surface area contributed by atoms with Gasteiger partial charge < -0.3 is 15.9 Å². The van der Waals surface area contributed by atoms with Gasteiger partial charge in [-0.15, -0.1) is 0 Å². The minimum absolute atomic E-state index is 0.0894. The Labute approximate surface area is 228 Å². The average molecular weight is 579 g/mol. The molecule has 14 heteroatoms. The number of anilines is 1. The summed E-state index contributed by atoms with van der Waals surface area (Å²) in [5.41, 5.74) is 8.07. The molecule has 0 aliphatic heterocycles. The second-order valence-electron chi connectivity index (χ2n) is 9.52. The molecule has 0 bridgehead atoms. The van der Waals surface area contributed by atoms with Gasteiger partial charge in [0.2, 0.25) is 0 Å². The molecule has 0 spiro atoms. The Balaban J connectivity index is 0.000000188. The predicted molar refractivity (Wildman–Crippen MR) is 145 cm³/mol. The van der Waals surface area contributed by atoms with Gasteiger partial charge in [0.15, 0.2) is 15.0 Å². The largest absolute Gasteiger partial charge is 0.477 e. The fourth-order valence-corrected chi connectivity index (χ4v) is 6.50. The number of aliphatic hydroxyl groups excluding tert-OH is 1. The summed E-state index contributed by atoms with van der Waals surface area (Å²) in [4.78, 5) is 19.7. The van der Waals surface area contributed by atoms with Crippen LogP contribution >= 0.6 is 22.9 Å². The van der Waals surface area contributed by atoms with Crippen molar-refractivity contribution in [3.8, 4) is 11.3 Å². The minimum Gasteiger partial charge on any atom is -0.477 e. The predicted octanol–water partition coefficient (Wildman–Crippen LogP) is 3.71. The number of rotatable bonds is 7. The van der Waals surface area contributed by atoms with E-state index in [0.29, 0.717) is 22.3 Å². The van der Waals surface area contributed by atoms with Crippen molar-refractivity contribution in [2.24, 2.45) is 0 Å². The van der Waals surface area contributed by atoms with Crippen molar-refractivity contribution in [3.05, 3.63) is 58.5 Å². The standard InChI is InChI=1S/C16H12ClN3O2.C8H15N3O3S2/c17-11-5-3-9(4-6-11)13-7-14(10-1-2-10)20-15(19-13)12(8-18-20)16(21)22;1-5-6(15-7(9)10-5)16(13,14)11-8(2,3)4-12/h3-8,10H,1-2H2,(H,21,22);11-12H,4H2,1-3H3,(H2,9,10). The fraction of sp³-hybridized carbons (Fsp3) is 0.333. The molecule has 0 radical (unpaired) electrons. The summed E-state index contributed by atoms with van der Waals surface area (Å²) in [5.74, 6) is -0.587. The molecule has 0 amide bonds. The summed E-state index contributed by atoms with van der Waals surface area (Å²) in [6, 6.07) is 9.36. The molecule has 5 N–H and O–H groups in total. The van der Waals surface area contributed by atoms with Crippen LogP contribution in [0.5, 0.6) is 0 Å². The van der Waals surface area contributed by atoms with Gasteiger partial charge in [0.05, 0.1) is 29.7 Å². The molecule has 0 atom stereocenters. The van der Waals surface area contributed by atoms with Gasteiger partial charge in [0.25, 0.3) is 10.0 Å². The van der Waals surface area contributed by atoms with E-state index in [1.807, 2.05) is 18.2 Å². The lowest BCUT2D eigenvalue weighted by Gasteiger charge is -2.22. The number of aromatic carboxylic acids is 1. The first kappa shape index (κ1) is 27.9. The third kappa shape index (κ3) is 6.13. The zero-order chi connectivity index (χ0) is 27.8. The minimum atomic E-state index is -3.67. The van der Waals surface area contributed by atoms with Crippen molar-refractivity contribution >= 4 is 49.7 Å². The van der Waals surface area contributed by atoms with E-state index in [-0.39, 0.29) is 21.5 Å². The molecule has 0 unspecified atom stereocenters. The Morgan fingerprint density at radius 3 is 2.45 bits per heavy atom. The monoisotopic (exact) mass is 578 g/mol. The van der Waals surface area contributed by atoms with E-state index < -0.39 is 21.5 Å². The van der Waals surface area contributed by atoms with Gasteiger partial charge in [-0.25, -0.2) is 32.4 Å². The van der Waals surface area contributed by atoms with Gasteiger partial charge in [-0.2, -0.15) is 5.10 Å². The van der Waals surface area contributed by atoms with Crippen molar-refractivity contribution < 1.29 is 23.4 Å². The molecule has 202 valence electrons. The molecule has 0 saturated heterocycles. The lowest BCUT2D eigenvalue weighted by atomic mass is 10.1. The summed E-state index contributed by atoms with van der Waals surface area (Å²) in [6.07, 6.45) is 3.56. The number of nitrogens with two attached hydrogens (primary N) is 1. The Kier molecular flexibility index (Phi) is 7.77. The number of nitrogens with zero attached hydrogens (tertiary/aromatic N) is 4. The summed E-state index contributed by atoms with van der Waals surface area (Å²) >= 11 is 6.83. The maximum Gasteiger partial charge on any atom is 0.341 e. The highest BCUT2D eigenvalue weighted by atomic mass is 35.5. The first-order valence-corrected chi connectivity index (χ1v) is 14.2. The van der Waals surface area contributed by atoms with Gasteiger partial charge in [-0.1, -0.05) is 35.1 Å². The van der Waals surface area contributed by atoms with Gasteiger partial charge in [-0.05, 0) is 51.8 Å². The third-order valence-corrected chi connectivity index (χ3v) is 9.23. The Morgan fingerprint density at radius 2 is 1.92 bits per heavy atom. The second kappa shape index (κ2) is 10.6. The first-order valence-electron chi connectivity index (χ1n) is 11.6. The summed E-state index contributed by atoms with van der Waals surface area (Å²) in [7, 11) is -3.67. The maximum absolute atomic E-state index is 11.9. The molecule has 3 heterocycles. The lowest BCUT2D eigenvalue weighted by molar-refractivity contribution is 0.0698. The van der Waals surface area contributed by atoms with Crippen LogP contribution in [0.15, 0.2) is 40.7 Å². The Hall–Kier alpha value is -3.10. The van der Waals surface area contributed by atoms with E-state index in [1.54, 1.807) is 37.4 Å².